The van der Waals surface area contributed by atoms with Crippen LogP contribution in [0, 0.1) is 5.82 Å². The highest BCUT2D eigenvalue weighted by atomic mass is 32.2. The van der Waals surface area contributed by atoms with Gasteiger partial charge in [-0.25, -0.2) is 4.39 Å². The summed E-state index contributed by atoms with van der Waals surface area (Å²) in [6.45, 7) is 7.14. The fourth-order valence-corrected chi connectivity index (χ4v) is 6.80. The Kier molecular flexibility index (Phi) is 7.37. The van der Waals surface area contributed by atoms with Crippen LogP contribution in [0.1, 0.15) is 33.5 Å². The number of rotatable bonds is 5. The fraction of sp³-hybridized carbons (Fsp3) is 0.400. The van der Waals surface area contributed by atoms with Crippen LogP contribution in [0.5, 0.6) is 0 Å². The molecule has 1 amide bonds. The van der Waals surface area contributed by atoms with E-state index in [1.165, 1.54) is 17.7 Å². The van der Waals surface area contributed by atoms with Crippen molar-refractivity contribution < 1.29 is 9.18 Å². The topological polar surface area (TPSA) is 59.7 Å². The van der Waals surface area contributed by atoms with Crippen LogP contribution in [0.4, 0.5) is 4.39 Å². The second-order valence-corrected chi connectivity index (χ2v) is 11.5. The molecule has 0 saturated carbocycles. The van der Waals surface area contributed by atoms with Crippen molar-refractivity contribution >= 4 is 34.1 Å². The van der Waals surface area contributed by atoms with Crippen molar-refractivity contribution in [1.29, 1.82) is 0 Å². The summed E-state index contributed by atoms with van der Waals surface area (Å²) in [5, 5.41) is 1.02. The zero-order valence-corrected chi connectivity index (χ0v) is 22.4. The quantitative estimate of drug-likeness (QED) is 0.538. The van der Waals surface area contributed by atoms with Crippen molar-refractivity contribution in [1.82, 2.24) is 19.7 Å². The van der Waals surface area contributed by atoms with Crippen molar-refractivity contribution in [3.8, 4) is 0 Å². The number of hydrogen-bond donors (Lipinski definition) is 1. The number of hydrogen-bond acceptors (Lipinski definition) is 5. The fourth-order valence-electron chi connectivity index (χ4n) is 5.80. The lowest BCUT2D eigenvalue weighted by Crippen LogP contribution is -2.50. The molecule has 3 aliphatic heterocycles. The van der Waals surface area contributed by atoms with E-state index in [2.05, 4.69) is 20.9 Å². The van der Waals surface area contributed by atoms with Gasteiger partial charge in [0, 0.05) is 80.1 Å². The molecule has 0 unspecified atom stereocenters. The number of nitrogens with one attached hydrogen (secondary N) is 1. The molecule has 6 rings (SSSR count). The second kappa shape index (κ2) is 11.0. The van der Waals surface area contributed by atoms with E-state index in [1.54, 1.807) is 11.8 Å². The van der Waals surface area contributed by atoms with E-state index < -0.39 is 0 Å². The van der Waals surface area contributed by atoms with Gasteiger partial charge in [-0.3, -0.25) is 19.4 Å². The largest absolute Gasteiger partial charge is 0.336 e. The molecule has 0 radical (unpaired) electrons. The number of benzene rings is 2. The van der Waals surface area contributed by atoms with E-state index in [0.29, 0.717) is 5.56 Å². The van der Waals surface area contributed by atoms with Gasteiger partial charge in [0.15, 0.2) is 0 Å². The summed E-state index contributed by atoms with van der Waals surface area (Å²) in [6, 6.07) is 12.5. The Labute approximate surface area is 226 Å². The number of aryl methyl sites for hydroxylation is 1. The lowest BCUT2D eigenvalue weighted by atomic mass is 9.99. The van der Waals surface area contributed by atoms with Crippen LogP contribution in [0.15, 0.2) is 53.3 Å². The summed E-state index contributed by atoms with van der Waals surface area (Å²) in [5.41, 5.74) is 5.92. The molecule has 1 N–H and O–H groups in total. The van der Waals surface area contributed by atoms with Gasteiger partial charge in [0.05, 0.1) is 0 Å². The first-order chi connectivity index (χ1) is 18.5. The van der Waals surface area contributed by atoms with Crippen molar-refractivity contribution in [2.45, 2.75) is 18.6 Å². The van der Waals surface area contributed by atoms with Crippen LogP contribution >= 0.6 is 11.8 Å². The molecule has 3 aliphatic rings. The highest BCUT2D eigenvalue weighted by molar-refractivity contribution is 7.98. The molecule has 4 heterocycles. The van der Waals surface area contributed by atoms with Gasteiger partial charge in [0.1, 0.15) is 5.82 Å². The molecule has 8 heteroatoms. The van der Waals surface area contributed by atoms with E-state index in [-0.39, 0.29) is 17.3 Å². The number of pyridine rings is 1. The van der Waals surface area contributed by atoms with Crippen LogP contribution < -0.4 is 5.56 Å². The second-order valence-electron chi connectivity index (χ2n) is 10.4. The summed E-state index contributed by atoms with van der Waals surface area (Å²) in [4.78, 5) is 35.7. The predicted octanol–water partition coefficient (Wildman–Crippen LogP) is 4.00. The number of aromatic amines is 1. The average Bonchev–Trinajstić information content (AvgIpc) is 2.97. The normalized spacial score (nSPS) is 18.9. The van der Waals surface area contributed by atoms with Gasteiger partial charge >= 0.3 is 0 Å². The monoisotopic (exact) mass is 532 g/mol. The lowest BCUT2D eigenvalue weighted by molar-refractivity contribution is 0.0625. The van der Waals surface area contributed by atoms with Gasteiger partial charge in [-0.1, -0.05) is 18.2 Å². The Balaban J connectivity index is 1.02. The SMILES string of the molecule is O=C(c1ccc2[nH]c(=O)c3c(c2c1)CCSC3)N1CCN(CCN2CC=C(c3ccc(F)cc3)CC2)CC1. The van der Waals surface area contributed by atoms with Crippen molar-refractivity contribution in [3.63, 3.8) is 0 Å². The maximum Gasteiger partial charge on any atom is 0.253 e. The number of fused-ring (bicyclic) bond motifs is 3. The van der Waals surface area contributed by atoms with E-state index in [1.807, 2.05) is 35.2 Å². The number of aromatic nitrogens is 1. The number of carbonyl (C=O) groups excluding carboxylic acids is 1. The smallest absolute Gasteiger partial charge is 0.253 e. The van der Waals surface area contributed by atoms with Gasteiger partial charge in [0.25, 0.3) is 11.5 Å². The minimum absolute atomic E-state index is 0.00351. The molecule has 0 atom stereocenters. The Morgan fingerprint density at radius 1 is 0.921 bits per heavy atom. The number of piperazine rings is 1. The highest BCUT2D eigenvalue weighted by Gasteiger charge is 2.24. The van der Waals surface area contributed by atoms with Gasteiger partial charge < -0.3 is 9.88 Å². The first kappa shape index (κ1) is 25.3. The predicted molar refractivity (Wildman–Crippen MR) is 152 cm³/mol. The zero-order valence-electron chi connectivity index (χ0n) is 21.5. The van der Waals surface area contributed by atoms with Crippen LogP contribution in [-0.4, -0.2) is 83.7 Å². The van der Waals surface area contributed by atoms with E-state index >= 15 is 0 Å². The van der Waals surface area contributed by atoms with Crippen LogP contribution in [-0.2, 0) is 12.2 Å². The van der Waals surface area contributed by atoms with Gasteiger partial charge in [-0.2, -0.15) is 11.8 Å². The van der Waals surface area contributed by atoms with Crippen molar-refractivity contribution in [2.75, 3.05) is 58.1 Å². The molecule has 0 spiro atoms. The minimum Gasteiger partial charge on any atom is -0.336 e. The number of nitrogens with zero attached hydrogens (tertiary/aromatic N) is 3. The number of thioether (sulfide) groups is 1. The highest BCUT2D eigenvalue weighted by Crippen LogP contribution is 2.28. The number of halogens is 1. The first-order valence-electron chi connectivity index (χ1n) is 13.5. The third-order valence-corrected chi connectivity index (χ3v) is 9.11. The Bertz CT molecular complexity index is 1430. The van der Waals surface area contributed by atoms with E-state index in [0.717, 1.165) is 104 Å². The standard InChI is InChI=1S/C30H33FN4O2S/c31-24-4-1-21(2-5-24)22-7-10-33(11-8-22)12-13-34-14-16-35(17-15-34)30(37)23-3-6-28-26(19-23)25-9-18-38-20-27(25)29(36)32-28/h1-7,19H,8-18,20H2,(H,32,36). The van der Waals surface area contributed by atoms with Crippen molar-refractivity contribution in [3.05, 3.63) is 87.0 Å². The minimum atomic E-state index is -0.193. The van der Waals surface area contributed by atoms with Gasteiger partial charge in [-0.15, -0.1) is 0 Å². The number of H-pyrrole nitrogens is 1. The number of carbonyl (C=O) groups is 1. The van der Waals surface area contributed by atoms with Gasteiger partial charge in [0.2, 0.25) is 0 Å². The summed E-state index contributed by atoms with van der Waals surface area (Å²) in [5.74, 6) is 1.63. The summed E-state index contributed by atoms with van der Waals surface area (Å²) in [6.07, 6.45) is 4.12. The Hall–Kier alpha value is -2.94. The molecule has 3 aromatic rings. The molecule has 1 aromatic heterocycles. The Morgan fingerprint density at radius 3 is 2.47 bits per heavy atom. The number of amides is 1. The molecular formula is C30H33FN4O2S. The molecule has 198 valence electrons. The maximum absolute atomic E-state index is 13.4. The van der Waals surface area contributed by atoms with E-state index in [4.69, 9.17) is 0 Å². The van der Waals surface area contributed by atoms with Crippen LogP contribution in [0.2, 0.25) is 0 Å². The molecule has 0 bridgehead atoms. The molecule has 6 nitrogen and oxygen atoms in total. The average molecular weight is 533 g/mol. The maximum atomic E-state index is 13.4. The van der Waals surface area contributed by atoms with Crippen LogP contribution in [0.3, 0.4) is 0 Å². The summed E-state index contributed by atoms with van der Waals surface area (Å²) in [7, 11) is 0. The lowest BCUT2D eigenvalue weighted by Gasteiger charge is -2.36. The molecule has 2 aromatic carbocycles. The first-order valence-corrected chi connectivity index (χ1v) is 14.6. The molecular weight excluding hydrogens is 499 g/mol. The summed E-state index contributed by atoms with van der Waals surface area (Å²) >= 11 is 1.79. The van der Waals surface area contributed by atoms with Crippen molar-refractivity contribution in [2.24, 2.45) is 0 Å². The van der Waals surface area contributed by atoms with Crippen LogP contribution in [0.25, 0.3) is 16.5 Å². The van der Waals surface area contributed by atoms with E-state index in [9.17, 15) is 14.0 Å². The third kappa shape index (κ3) is 5.30. The summed E-state index contributed by atoms with van der Waals surface area (Å²) < 4.78 is 13.2. The molecule has 1 saturated heterocycles. The third-order valence-electron chi connectivity index (χ3n) is 8.12. The molecule has 38 heavy (non-hydrogen) atoms. The molecule has 0 aliphatic carbocycles. The Morgan fingerprint density at radius 2 is 1.71 bits per heavy atom. The zero-order chi connectivity index (χ0) is 26.1. The van der Waals surface area contributed by atoms with Gasteiger partial charge in [-0.05, 0) is 65.6 Å². The molecule has 1 fully saturated rings.